The molecule has 24 heavy (non-hydrogen) atoms. The molecule has 1 heterocycles. The number of carbonyl (C=O) groups is 1. The Morgan fingerprint density at radius 1 is 1.46 bits per heavy atom. The number of carbonyl (C=O) groups excluding carboxylic acids is 1. The van der Waals surface area contributed by atoms with Crippen LogP contribution in [-0.4, -0.2) is 31.7 Å². The number of ether oxygens (including phenoxy) is 1. The minimum Gasteiger partial charge on any atom is -0.390 e. The molecule has 1 aliphatic heterocycles. The summed E-state index contributed by atoms with van der Waals surface area (Å²) in [5.74, 6) is -0.240. The first-order valence-electron chi connectivity index (χ1n) is 8.48. The van der Waals surface area contributed by atoms with Gasteiger partial charge in [-0.1, -0.05) is 18.2 Å². The van der Waals surface area contributed by atoms with Crippen molar-refractivity contribution in [2.45, 2.75) is 39.2 Å². The number of anilines is 1. The Kier molecular flexibility index (Phi) is 6.83. The zero-order valence-corrected chi connectivity index (χ0v) is 14.4. The van der Waals surface area contributed by atoms with Gasteiger partial charge in [0.05, 0.1) is 6.10 Å². The fraction of sp³-hybridized carbons (Fsp3) is 0.474. The predicted molar refractivity (Wildman–Crippen MR) is 94.5 cm³/mol. The van der Waals surface area contributed by atoms with Gasteiger partial charge in [-0.3, -0.25) is 4.79 Å². The molecule has 2 rings (SSSR count). The Labute approximate surface area is 143 Å². The lowest BCUT2D eigenvalue weighted by Gasteiger charge is -2.29. The maximum absolute atomic E-state index is 12.7. The molecule has 1 aliphatic rings. The first kappa shape index (κ1) is 18.0. The molecule has 0 bridgehead atoms. The summed E-state index contributed by atoms with van der Waals surface area (Å²) in [4.78, 5) is 14.4. The van der Waals surface area contributed by atoms with Gasteiger partial charge in [0.15, 0.2) is 0 Å². The lowest BCUT2D eigenvalue weighted by atomic mass is 10.0. The molecule has 0 aliphatic carbocycles. The Morgan fingerprint density at radius 2 is 2.25 bits per heavy atom. The molecule has 128 valence electrons. The zero-order chi connectivity index (χ0) is 17.4. The van der Waals surface area contributed by atoms with Crippen LogP contribution in [0.5, 0.6) is 0 Å². The molecule has 1 N–H and O–H groups in total. The van der Waals surface area contributed by atoms with Crippen LogP contribution in [0.15, 0.2) is 36.0 Å². The standard InChI is InChI=1S/C19H25N3O2/c1-15(2)24-12-6-10-21-14-17(13-20)19(23)22-11-5-8-16-7-3-4-9-18(16)22/h3-4,7,9,14-15,21H,5-6,8,10-12H2,1-2H3/b17-14-. The van der Waals surface area contributed by atoms with E-state index in [2.05, 4.69) is 5.32 Å². The SMILES string of the molecule is CC(C)OCCCN/C=C(/C#N)C(=O)N1CCCc2ccccc21. The molecule has 0 radical (unpaired) electrons. The molecule has 1 amide bonds. The van der Waals surface area contributed by atoms with Crippen molar-refractivity contribution >= 4 is 11.6 Å². The van der Waals surface area contributed by atoms with Crippen molar-refractivity contribution in [2.24, 2.45) is 0 Å². The number of hydrogen-bond acceptors (Lipinski definition) is 4. The van der Waals surface area contributed by atoms with Crippen molar-refractivity contribution in [3.8, 4) is 6.07 Å². The summed E-state index contributed by atoms with van der Waals surface area (Å²) in [7, 11) is 0. The highest BCUT2D eigenvalue weighted by Gasteiger charge is 2.24. The summed E-state index contributed by atoms with van der Waals surface area (Å²) in [5.41, 5.74) is 2.21. The molecule has 5 heteroatoms. The van der Waals surface area contributed by atoms with E-state index in [1.807, 2.05) is 44.2 Å². The lowest BCUT2D eigenvalue weighted by molar-refractivity contribution is -0.114. The molecule has 0 saturated heterocycles. The predicted octanol–water partition coefficient (Wildman–Crippen LogP) is 2.78. The zero-order valence-electron chi connectivity index (χ0n) is 14.4. The van der Waals surface area contributed by atoms with Crippen LogP contribution in [0.1, 0.15) is 32.3 Å². The molecule has 5 nitrogen and oxygen atoms in total. The Balaban J connectivity index is 1.95. The smallest absolute Gasteiger partial charge is 0.270 e. The maximum Gasteiger partial charge on any atom is 0.270 e. The van der Waals surface area contributed by atoms with Gasteiger partial charge >= 0.3 is 0 Å². The fourth-order valence-electron chi connectivity index (χ4n) is 2.70. The molecule has 1 aromatic rings. The van der Waals surface area contributed by atoms with Gasteiger partial charge in [-0.05, 0) is 44.7 Å². The van der Waals surface area contributed by atoms with Crippen LogP contribution in [0.4, 0.5) is 5.69 Å². The number of fused-ring (bicyclic) bond motifs is 1. The molecule has 0 atom stereocenters. The first-order valence-corrected chi connectivity index (χ1v) is 8.48. The molecule has 0 spiro atoms. The molecule has 0 fully saturated rings. The summed E-state index contributed by atoms with van der Waals surface area (Å²) in [6.45, 7) is 5.97. The van der Waals surface area contributed by atoms with E-state index >= 15 is 0 Å². The molecule has 0 saturated carbocycles. The van der Waals surface area contributed by atoms with Crippen LogP contribution in [0.3, 0.4) is 0 Å². The van der Waals surface area contributed by atoms with E-state index in [0.717, 1.165) is 30.5 Å². The third kappa shape index (κ3) is 4.84. The van der Waals surface area contributed by atoms with Crippen LogP contribution in [0.25, 0.3) is 0 Å². The second-order valence-corrected chi connectivity index (χ2v) is 6.09. The highest BCUT2D eigenvalue weighted by Crippen LogP contribution is 2.27. The van der Waals surface area contributed by atoms with Crippen LogP contribution >= 0.6 is 0 Å². The highest BCUT2D eigenvalue weighted by atomic mass is 16.5. The van der Waals surface area contributed by atoms with Crippen molar-refractivity contribution in [3.05, 3.63) is 41.6 Å². The summed E-state index contributed by atoms with van der Waals surface area (Å²) in [6.07, 6.45) is 4.46. The van der Waals surface area contributed by atoms with Crippen molar-refractivity contribution in [1.82, 2.24) is 5.32 Å². The maximum atomic E-state index is 12.7. The van der Waals surface area contributed by atoms with Crippen LogP contribution in [0.2, 0.25) is 0 Å². The Hall–Kier alpha value is -2.32. The van der Waals surface area contributed by atoms with Crippen LogP contribution in [-0.2, 0) is 16.0 Å². The van der Waals surface area contributed by atoms with Crippen molar-refractivity contribution in [2.75, 3.05) is 24.6 Å². The third-order valence-corrected chi connectivity index (χ3v) is 3.87. The van der Waals surface area contributed by atoms with Gasteiger partial charge in [-0.25, -0.2) is 0 Å². The van der Waals surface area contributed by atoms with Crippen LogP contribution in [0, 0.1) is 11.3 Å². The van der Waals surface area contributed by atoms with E-state index in [1.54, 1.807) is 4.90 Å². The van der Waals surface area contributed by atoms with Crippen LogP contribution < -0.4 is 10.2 Å². The number of nitrogens with zero attached hydrogens (tertiary/aromatic N) is 2. The summed E-state index contributed by atoms with van der Waals surface area (Å²) >= 11 is 0. The van der Waals surface area contributed by atoms with Gasteiger partial charge < -0.3 is 15.0 Å². The van der Waals surface area contributed by atoms with E-state index in [1.165, 1.54) is 6.20 Å². The van der Waals surface area contributed by atoms with Gasteiger partial charge in [0.2, 0.25) is 0 Å². The largest absolute Gasteiger partial charge is 0.390 e. The fourth-order valence-corrected chi connectivity index (χ4v) is 2.70. The number of amides is 1. The first-order chi connectivity index (χ1) is 11.6. The number of nitriles is 1. The average molecular weight is 327 g/mol. The quantitative estimate of drug-likeness (QED) is 0.475. The van der Waals surface area contributed by atoms with Gasteiger partial charge in [0.25, 0.3) is 5.91 Å². The number of aryl methyl sites for hydroxylation is 1. The average Bonchev–Trinajstić information content (AvgIpc) is 2.60. The number of para-hydroxylation sites is 1. The molecule has 0 unspecified atom stereocenters. The Morgan fingerprint density at radius 3 is 3.00 bits per heavy atom. The Bertz CT molecular complexity index is 632. The third-order valence-electron chi connectivity index (χ3n) is 3.87. The monoisotopic (exact) mass is 327 g/mol. The number of rotatable bonds is 7. The minimum atomic E-state index is -0.240. The van der Waals surface area contributed by atoms with E-state index in [-0.39, 0.29) is 17.6 Å². The van der Waals surface area contributed by atoms with Crippen molar-refractivity contribution < 1.29 is 9.53 Å². The summed E-state index contributed by atoms with van der Waals surface area (Å²) in [6, 6.07) is 9.90. The van der Waals surface area contributed by atoms with E-state index in [9.17, 15) is 10.1 Å². The number of benzene rings is 1. The number of hydrogen-bond donors (Lipinski definition) is 1. The van der Waals surface area contributed by atoms with Crippen molar-refractivity contribution in [3.63, 3.8) is 0 Å². The van der Waals surface area contributed by atoms with Gasteiger partial charge in [-0.2, -0.15) is 5.26 Å². The molecular formula is C19H25N3O2. The van der Waals surface area contributed by atoms with Gasteiger partial charge in [0.1, 0.15) is 11.6 Å². The van der Waals surface area contributed by atoms with Gasteiger partial charge in [-0.15, -0.1) is 0 Å². The van der Waals surface area contributed by atoms with Crippen molar-refractivity contribution in [1.29, 1.82) is 5.26 Å². The topological polar surface area (TPSA) is 65.4 Å². The lowest BCUT2D eigenvalue weighted by Crippen LogP contribution is -2.36. The second kappa shape index (κ2) is 9.09. The van der Waals surface area contributed by atoms with E-state index in [0.29, 0.717) is 19.7 Å². The minimum absolute atomic E-state index is 0.136. The molecule has 0 aromatic heterocycles. The van der Waals surface area contributed by atoms with E-state index in [4.69, 9.17) is 4.74 Å². The van der Waals surface area contributed by atoms with E-state index < -0.39 is 0 Å². The second-order valence-electron chi connectivity index (χ2n) is 6.09. The summed E-state index contributed by atoms with van der Waals surface area (Å²) in [5, 5.41) is 12.4. The summed E-state index contributed by atoms with van der Waals surface area (Å²) < 4.78 is 5.46. The highest BCUT2D eigenvalue weighted by molar-refractivity contribution is 6.08. The van der Waals surface area contributed by atoms with Gasteiger partial charge in [0, 0.05) is 31.6 Å². The molecule has 1 aromatic carbocycles. The number of nitrogens with one attached hydrogen (secondary N) is 1. The normalized spacial score (nSPS) is 14.2. The molecular weight excluding hydrogens is 302 g/mol.